The molecule has 2 heterocycles. The Bertz CT molecular complexity index is 904. The number of methoxy groups -OCH3 is 1. The monoisotopic (exact) mass is 434 g/mol. The van der Waals surface area contributed by atoms with Gasteiger partial charge in [-0.05, 0) is 31.2 Å². The van der Waals surface area contributed by atoms with Gasteiger partial charge in [-0.2, -0.15) is 0 Å². The van der Waals surface area contributed by atoms with Crippen LogP contribution in [0.4, 0.5) is 5.00 Å². The van der Waals surface area contributed by atoms with E-state index in [2.05, 4.69) is 22.1 Å². The molecule has 1 aliphatic rings. The summed E-state index contributed by atoms with van der Waals surface area (Å²) < 4.78 is 6.95. The lowest BCUT2D eigenvalue weighted by Gasteiger charge is -2.08. The second-order valence-corrected chi connectivity index (χ2v) is 8.80. The summed E-state index contributed by atoms with van der Waals surface area (Å²) in [6, 6.07) is 0. The van der Waals surface area contributed by atoms with Crippen molar-refractivity contribution >= 4 is 40.0 Å². The van der Waals surface area contributed by atoms with Crippen molar-refractivity contribution < 1.29 is 14.3 Å². The van der Waals surface area contributed by atoms with E-state index in [-0.39, 0.29) is 17.6 Å². The van der Waals surface area contributed by atoms with Gasteiger partial charge in [0, 0.05) is 17.8 Å². The molecule has 1 N–H and O–H groups in total. The third-order valence-electron chi connectivity index (χ3n) is 4.82. The van der Waals surface area contributed by atoms with Gasteiger partial charge in [0.15, 0.2) is 5.16 Å². The predicted octanol–water partition coefficient (Wildman–Crippen LogP) is 3.87. The van der Waals surface area contributed by atoms with Crippen LogP contribution in [0.2, 0.25) is 0 Å². The number of carbonyl (C=O) groups is 2. The maximum Gasteiger partial charge on any atom is 0.341 e. The molecule has 0 radical (unpaired) electrons. The molecule has 0 saturated heterocycles. The number of allylic oxidation sites excluding steroid dienone is 1. The van der Waals surface area contributed by atoms with E-state index in [9.17, 15) is 9.59 Å². The molecule has 0 bridgehead atoms. The Hall–Kier alpha value is -2.13. The van der Waals surface area contributed by atoms with Gasteiger partial charge in [-0.15, -0.1) is 28.1 Å². The topological polar surface area (TPSA) is 86.1 Å². The number of hydrogen-bond acceptors (Lipinski definition) is 7. The molecule has 7 nitrogen and oxygen atoms in total. The van der Waals surface area contributed by atoms with Crippen LogP contribution in [0.5, 0.6) is 0 Å². The molecular formula is C20H26N4O3S2. The van der Waals surface area contributed by atoms with E-state index in [0.29, 0.717) is 22.3 Å². The standard InChI is InChI=1S/C20H26N4O3S2/c1-4-11-24-15(5-2)22-23-20(24)28-12-16(25)21-18-17(19(26)27-3)13-9-7-6-8-10-14(13)29-18/h4H,1,5-12H2,2-3H3,(H,21,25). The number of fused-ring (bicyclic) bond motifs is 1. The van der Waals surface area contributed by atoms with Crippen LogP contribution < -0.4 is 5.32 Å². The first kappa shape index (κ1) is 21.6. The van der Waals surface area contributed by atoms with E-state index in [1.807, 2.05) is 11.5 Å². The van der Waals surface area contributed by atoms with Gasteiger partial charge in [0.05, 0.1) is 18.4 Å². The predicted molar refractivity (Wildman–Crippen MR) is 116 cm³/mol. The van der Waals surface area contributed by atoms with Crippen LogP contribution >= 0.6 is 23.1 Å². The summed E-state index contributed by atoms with van der Waals surface area (Å²) in [6.07, 6.45) is 7.66. The van der Waals surface area contributed by atoms with Crippen LogP contribution in [0.1, 0.15) is 52.8 Å². The molecule has 156 valence electrons. The Morgan fingerprint density at radius 1 is 1.31 bits per heavy atom. The zero-order valence-electron chi connectivity index (χ0n) is 16.8. The molecule has 0 saturated carbocycles. The normalized spacial score (nSPS) is 13.4. The Morgan fingerprint density at radius 2 is 2.10 bits per heavy atom. The first-order chi connectivity index (χ1) is 14.1. The molecule has 0 spiro atoms. The van der Waals surface area contributed by atoms with Crippen molar-refractivity contribution in [1.29, 1.82) is 0 Å². The van der Waals surface area contributed by atoms with Crippen LogP contribution in [0.15, 0.2) is 17.8 Å². The summed E-state index contributed by atoms with van der Waals surface area (Å²) >= 11 is 2.83. The maximum atomic E-state index is 12.6. The molecule has 1 aliphatic carbocycles. The van der Waals surface area contributed by atoms with Gasteiger partial charge in [-0.25, -0.2) is 4.79 Å². The van der Waals surface area contributed by atoms with Crippen molar-refractivity contribution in [1.82, 2.24) is 14.8 Å². The Balaban J connectivity index is 1.73. The molecule has 0 fully saturated rings. The number of esters is 1. The number of anilines is 1. The lowest BCUT2D eigenvalue weighted by Crippen LogP contribution is -2.17. The van der Waals surface area contributed by atoms with Gasteiger partial charge < -0.3 is 14.6 Å². The summed E-state index contributed by atoms with van der Waals surface area (Å²) in [5.41, 5.74) is 1.57. The largest absolute Gasteiger partial charge is 0.465 e. The third-order valence-corrected chi connectivity index (χ3v) is 6.99. The van der Waals surface area contributed by atoms with E-state index in [1.165, 1.54) is 35.1 Å². The average molecular weight is 435 g/mol. The van der Waals surface area contributed by atoms with E-state index < -0.39 is 0 Å². The molecule has 0 aliphatic heterocycles. The van der Waals surface area contributed by atoms with E-state index >= 15 is 0 Å². The highest BCUT2D eigenvalue weighted by atomic mass is 32.2. The number of nitrogens with one attached hydrogen (secondary N) is 1. The number of rotatable bonds is 8. The molecular weight excluding hydrogens is 408 g/mol. The molecule has 1 amide bonds. The van der Waals surface area contributed by atoms with Crippen molar-refractivity contribution in [2.45, 2.75) is 57.1 Å². The minimum Gasteiger partial charge on any atom is -0.465 e. The average Bonchev–Trinajstić information content (AvgIpc) is 3.18. The Kier molecular flexibility index (Phi) is 7.49. The van der Waals surface area contributed by atoms with Crippen LogP contribution in [-0.2, 0) is 35.3 Å². The number of carbonyl (C=O) groups excluding carboxylic acids is 2. The summed E-state index contributed by atoms with van der Waals surface area (Å²) in [7, 11) is 1.38. The van der Waals surface area contributed by atoms with Crippen LogP contribution in [0, 0.1) is 0 Å². The molecule has 0 unspecified atom stereocenters. The quantitative estimate of drug-likeness (QED) is 0.294. The number of thioether (sulfide) groups is 1. The Labute approximate surface area is 178 Å². The van der Waals surface area contributed by atoms with Gasteiger partial charge >= 0.3 is 5.97 Å². The summed E-state index contributed by atoms with van der Waals surface area (Å²) in [6.45, 7) is 6.38. The first-order valence-electron chi connectivity index (χ1n) is 9.77. The highest BCUT2D eigenvalue weighted by molar-refractivity contribution is 7.99. The highest BCUT2D eigenvalue weighted by Gasteiger charge is 2.26. The number of hydrogen-bond donors (Lipinski definition) is 1. The van der Waals surface area contributed by atoms with Crippen molar-refractivity contribution in [3.63, 3.8) is 0 Å². The van der Waals surface area contributed by atoms with Gasteiger partial charge in [0.2, 0.25) is 5.91 Å². The summed E-state index contributed by atoms with van der Waals surface area (Å²) in [5.74, 6) is 0.485. The summed E-state index contributed by atoms with van der Waals surface area (Å²) in [5, 5.41) is 12.6. The van der Waals surface area contributed by atoms with Gasteiger partial charge in [-0.1, -0.05) is 31.2 Å². The van der Waals surface area contributed by atoms with E-state index in [0.717, 1.165) is 49.9 Å². The molecule has 9 heteroatoms. The molecule has 0 aromatic carbocycles. The number of nitrogens with zero attached hydrogens (tertiary/aromatic N) is 3. The smallest absolute Gasteiger partial charge is 0.341 e. The third kappa shape index (κ3) is 4.90. The minimum absolute atomic E-state index is 0.178. The second-order valence-electron chi connectivity index (χ2n) is 6.75. The fourth-order valence-corrected chi connectivity index (χ4v) is 5.50. The van der Waals surface area contributed by atoms with Crippen LogP contribution in [-0.4, -0.2) is 39.5 Å². The van der Waals surface area contributed by atoms with Crippen molar-refractivity contribution in [3.8, 4) is 0 Å². The van der Waals surface area contributed by atoms with Crippen LogP contribution in [0.3, 0.4) is 0 Å². The van der Waals surface area contributed by atoms with Gasteiger partial charge in [0.25, 0.3) is 0 Å². The van der Waals surface area contributed by atoms with Crippen LogP contribution in [0.25, 0.3) is 0 Å². The number of aryl methyl sites for hydroxylation is 2. The number of aromatic nitrogens is 3. The molecule has 2 aromatic heterocycles. The fraction of sp³-hybridized carbons (Fsp3) is 0.500. The molecule has 2 aromatic rings. The second kappa shape index (κ2) is 10.1. The van der Waals surface area contributed by atoms with Gasteiger partial charge in [-0.3, -0.25) is 4.79 Å². The van der Waals surface area contributed by atoms with E-state index in [4.69, 9.17) is 4.74 Å². The lowest BCUT2D eigenvalue weighted by atomic mass is 10.1. The zero-order valence-corrected chi connectivity index (χ0v) is 18.5. The number of thiophene rings is 1. The molecule has 0 atom stereocenters. The minimum atomic E-state index is -0.384. The SMILES string of the molecule is C=CCn1c(CC)nnc1SCC(=O)Nc1sc2c(c1C(=O)OC)CCCCC2. The number of ether oxygens (including phenoxy) is 1. The lowest BCUT2D eigenvalue weighted by molar-refractivity contribution is -0.113. The highest BCUT2D eigenvalue weighted by Crippen LogP contribution is 2.38. The fourth-order valence-electron chi connectivity index (χ4n) is 3.44. The maximum absolute atomic E-state index is 12.6. The van der Waals surface area contributed by atoms with Crippen molar-refractivity contribution in [2.75, 3.05) is 18.2 Å². The zero-order chi connectivity index (χ0) is 20.8. The Morgan fingerprint density at radius 3 is 2.83 bits per heavy atom. The van der Waals surface area contributed by atoms with E-state index in [1.54, 1.807) is 6.08 Å². The van der Waals surface area contributed by atoms with Crippen molar-refractivity contribution in [2.24, 2.45) is 0 Å². The molecule has 29 heavy (non-hydrogen) atoms. The van der Waals surface area contributed by atoms with Gasteiger partial charge in [0.1, 0.15) is 10.8 Å². The molecule has 3 rings (SSSR count). The number of amides is 1. The van der Waals surface area contributed by atoms with Crippen molar-refractivity contribution in [3.05, 3.63) is 34.5 Å². The summed E-state index contributed by atoms with van der Waals surface area (Å²) in [4.78, 5) is 26.2. The first-order valence-corrected chi connectivity index (χ1v) is 11.6.